The highest BCUT2D eigenvalue weighted by molar-refractivity contribution is 5.86. The predicted molar refractivity (Wildman–Crippen MR) is 99.4 cm³/mol. The van der Waals surface area contributed by atoms with Gasteiger partial charge in [-0.2, -0.15) is 0 Å². The lowest BCUT2D eigenvalue weighted by atomic mass is 9.98. The molecule has 1 aliphatic carbocycles. The van der Waals surface area contributed by atoms with Gasteiger partial charge in [-0.15, -0.1) is 6.58 Å². The number of carbonyl (C=O) groups is 2. The van der Waals surface area contributed by atoms with Crippen molar-refractivity contribution < 1.29 is 19.1 Å². The first-order valence-electron chi connectivity index (χ1n) is 9.87. The molecule has 0 unspecified atom stereocenters. The largest absolute Gasteiger partial charge is 0.464 e. The summed E-state index contributed by atoms with van der Waals surface area (Å²) in [6, 6.07) is 0. The lowest BCUT2D eigenvalue weighted by Gasteiger charge is -2.27. The van der Waals surface area contributed by atoms with Crippen molar-refractivity contribution in [3.8, 4) is 0 Å². The Morgan fingerprint density at radius 3 is 2.28 bits per heavy atom. The van der Waals surface area contributed by atoms with Crippen LogP contribution in [0.25, 0.3) is 0 Å². The van der Waals surface area contributed by atoms with Gasteiger partial charge in [0, 0.05) is 0 Å². The Bertz CT molecular complexity index is 403. The van der Waals surface area contributed by atoms with E-state index in [0.29, 0.717) is 25.9 Å². The van der Waals surface area contributed by atoms with Gasteiger partial charge in [0.2, 0.25) is 0 Å². The Balaban J connectivity index is 2.28. The number of rotatable bonds is 13. The number of amides is 1. The molecular formula is C20H35NO4. The lowest BCUT2D eigenvalue weighted by molar-refractivity contribution is -0.151. The zero-order valence-electron chi connectivity index (χ0n) is 15.8. The summed E-state index contributed by atoms with van der Waals surface area (Å²) < 4.78 is 10.5. The fraction of sp³-hybridized carbons (Fsp3) is 0.800. The first kappa shape index (κ1) is 21.5. The van der Waals surface area contributed by atoms with Gasteiger partial charge in [0.1, 0.15) is 5.54 Å². The number of hydrogen-bond acceptors (Lipinski definition) is 4. The van der Waals surface area contributed by atoms with Crippen molar-refractivity contribution in [1.29, 1.82) is 0 Å². The molecule has 5 nitrogen and oxygen atoms in total. The van der Waals surface area contributed by atoms with Crippen molar-refractivity contribution >= 4 is 12.1 Å². The smallest absolute Gasteiger partial charge is 0.408 e. The van der Waals surface area contributed by atoms with Gasteiger partial charge in [-0.1, -0.05) is 64.4 Å². The van der Waals surface area contributed by atoms with Crippen LogP contribution in [0.15, 0.2) is 12.7 Å². The number of alkyl carbamates (subject to hydrolysis) is 1. The highest BCUT2D eigenvalue weighted by atomic mass is 16.6. The van der Waals surface area contributed by atoms with Crippen LogP contribution in [-0.2, 0) is 14.3 Å². The van der Waals surface area contributed by atoms with Crippen LogP contribution < -0.4 is 5.32 Å². The van der Waals surface area contributed by atoms with Crippen LogP contribution in [0.2, 0.25) is 0 Å². The zero-order chi connectivity index (χ0) is 18.4. The van der Waals surface area contributed by atoms with Crippen LogP contribution in [-0.4, -0.2) is 30.8 Å². The minimum atomic E-state index is -0.896. The second-order valence-corrected chi connectivity index (χ2v) is 6.88. The third-order valence-corrected chi connectivity index (χ3v) is 4.73. The Labute approximate surface area is 152 Å². The first-order valence-corrected chi connectivity index (χ1v) is 9.87. The molecule has 0 aromatic rings. The Morgan fingerprint density at radius 2 is 1.64 bits per heavy atom. The number of hydrogen-bond donors (Lipinski definition) is 1. The van der Waals surface area contributed by atoms with Crippen molar-refractivity contribution in [2.24, 2.45) is 0 Å². The van der Waals surface area contributed by atoms with Crippen molar-refractivity contribution in [3.63, 3.8) is 0 Å². The third kappa shape index (κ3) is 8.41. The van der Waals surface area contributed by atoms with Crippen LogP contribution >= 0.6 is 0 Å². The molecule has 0 aromatic heterocycles. The van der Waals surface area contributed by atoms with Crippen LogP contribution in [0.1, 0.15) is 84.0 Å². The maximum absolute atomic E-state index is 12.5. The summed E-state index contributed by atoms with van der Waals surface area (Å²) in [7, 11) is 0. The van der Waals surface area contributed by atoms with E-state index in [1.165, 1.54) is 32.1 Å². The maximum Gasteiger partial charge on any atom is 0.408 e. The van der Waals surface area contributed by atoms with E-state index in [9.17, 15) is 9.59 Å². The minimum Gasteiger partial charge on any atom is -0.464 e. The van der Waals surface area contributed by atoms with Gasteiger partial charge in [0.25, 0.3) is 0 Å². The topological polar surface area (TPSA) is 64.6 Å². The van der Waals surface area contributed by atoms with Gasteiger partial charge in [-0.25, -0.2) is 9.59 Å². The van der Waals surface area contributed by atoms with Crippen LogP contribution in [0, 0.1) is 0 Å². The van der Waals surface area contributed by atoms with Gasteiger partial charge in [0.05, 0.1) is 13.2 Å². The summed E-state index contributed by atoms with van der Waals surface area (Å²) in [5.41, 5.74) is -0.896. The fourth-order valence-electron chi connectivity index (χ4n) is 3.19. The average molecular weight is 354 g/mol. The van der Waals surface area contributed by atoms with Gasteiger partial charge in [0.15, 0.2) is 0 Å². The van der Waals surface area contributed by atoms with Gasteiger partial charge < -0.3 is 14.8 Å². The molecular weight excluding hydrogens is 318 g/mol. The molecule has 0 atom stereocenters. The number of esters is 1. The number of carbonyl (C=O) groups excluding carboxylic acids is 2. The molecule has 1 amide bonds. The van der Waals surface area contributed by atoms with E-state index in [1.54, 1.807) is 6.08 Å². The van der Waals surface area contributed by atoms with Crippen LogP contribution in [0.3, 0.4) is 0 Å². The lowest BCUT2D eigenvalue weighted by Crippen LogP contribution is -2.53. The molecule has 1 N–H and O–H groups in total. The fourth-order valence-corrected chi connectivity index (χ4v) is 3.19. The summed E-state index contributed by atoms with van der Waals surface area (Å²) in [5, 5.41) is 2.76. The highest BCUT2D eigenvalue weighted by Gasteiger charge is 2.44. The quantitative estimate of drug-likeness (QED) is 0.291. The average Bonchev–Trinajstić information content (AvgIpc) is 3.07. The predicted octanol–water partition coefficient (Wildman–Crippen LogP) is 4.90. The summed E-state index contributed by atoms with van der Waals surface area (Å²) in [6.07, 6.45) is 13.1. The Hall–Kier alpha value is -1.52. The Morgan fingerprint density at radius 1 is 1.00 bits per heavy atom. The van der Waals surface area contributed by atoms with E-state index in [2.05, 4.69) is 18.8 Å². The van der Waals surface area contributed by atoms with Crippen molar-refractivity contribution in [1.82, 2.24) is 5.32 Å². The molecule has 1 saturated carbocycles. The SMILES string of the molecule is C=CCCOC(=O)NC1(C(=O)OCCCCCCCCC)CCCC1. The van der Waals surface area contributed by atoms with E-state index >= 15 is 0 Å². The molecule has 0 aromatic carbocycles. The molecule has 0 saturated heterocycles. The van der Waals surface area contributed by atoms with Crippen LogP contribution in [0.5, 0.6) is 0 Å². The normalized spacial score (nSPS) is 15.6. The monoisotopic (exact) mass is 353 g/mol. The molecule has 0 aliphatic heterocycles. The van der Waals surface area contributed by atoms with Gasteiger partial charge in [-0.05, 0) is 25.7 Å². The van der Waals surface area contributed by atoms with Gasteiger partial charge >= 0.3 is 12.1 Å². The maximum atomic E-state index is 12.5. The van der Waals surface area contributed by atoms with E-state index in [-0.39, 0.29) is 12.6 Å². The molecule has 1 aliphatic rings. The summed E-state index contributed by atoms with van der Waals surface area (Å²) in [5.74, 6) is -0.309. The molecule has 0 heterocycles. The zero-order valence-corrected chi connectivity index (χ0v) is 15.8. The molecule has 1 rings (SSSR count). The number of unbranched alkanes of at least 4 members (excludes halogenated alkanes) is 6. The summed E-state index contributed by atoms with van der Waals surface area (Å²) in [6.45, 7) is 6.50. The van der Waals surface area contributed by atoms with E-state index in [4.69, 9.17) is 9.47 Å². The molecule has 0 radical (unpaired) electrons. The second-order valence-electron chi connectivity index (χ2n) is 6.88. The van der Waals surface area contributed by atoms with Gasteiger partial charge in [-0.3, -0.25) is 0 Å². The minimum absolute atomic E-state index is 0.276. The van der Waals surface area contributed by atoms with Crippen molar-refractivity contribution in [2.45, 2.75) is 89.5 Å². The van der Waals surface area contributed by atoms with E-state index < -0.39 is 11.6 Å². The molecule has 0 bridgehead atoms. The van der Waals surface area contributed by atoms with Crippen LogP contribution in [0.4, 0.5) is 4.79 Å². The second kappa shape index (κ2) is 12.8. The molecule has 0 spiro atoms. The van der Waals surface area contributed by atoms with E-state index in [1.807, 2.05) is 0 Å². The molecule has 1 fully saturated rings. The summed E-state index contributed by atoms with van der Waals surface area (Å²) >= 11 is 0. The van der Waals surface area contributed by atoms with Crippen molar-refractivity contribution in [2.75, 3.05) is 13.2 Å². The highest BCUT2D eigenvalue weighted by Crippen LogP contribution is 2.31. The third-order valence-electron chi connectivity index (χ3n) is 4.73. The first-order chi connectivity index (χ1) is 12.1. The number of nitrogens with one attached hydrogen (secondary N) is 1. The van der Waals surface area contributed by atoms with E-state index in [0.717, 1.165) is 25.7 Å². The van der Waals surface area contributed by atoms with Crippen molar-refractivity contribution in [3.05, 3.63) is 12.7 Å². The number of ether oxygens (including phenoxy) is 2. The molecule has 144 valence electrons. The molecule has 25 heavy (non-hydrogen) atoms. The Kier molecular flexibility index (Phi) is 11.0. The molecule has 5 heteroatoms. The standard InChI is InChI=1S/C20H35NO4/c1-3-5-7-8-9-10-13-17-24-18(22)20(14-11-12-15-20)21-19(23)25-16-6-4-2/h4H,2-3,5-17H2,1H3,(H,21,23). The summed E-state index contributed by atoms with van der Waals surface area (Å²) in [4.78, 5) is 24.4.